The van der Waals surface area contributed by atoms with E-state index >= 15 is 0 Å². The van der Waals surface area contributed by atoms with Crippen LogP contribution in [-0.2, 0) is 0 Å². The first-order chi connectivity index (χ1) is 4.76. The molecule has 0 aliphatic heterocycles. The summed E-state index contributed by atoms with van der Waals surface area (Å²) in [6.45, 7) is 2.02. The molecule has 0 radical (unpaired) electrons. The van der Waals surface area contributed by atoms with Gasteiger partial charge in [-0.2, -0.15) is 5.26 Å². The first-order valence-corrected chi connectivity index (χ1v) is 3.60. The highest BCUT2D eigenvalue weighted by Gasteiger charge is 1.98. The van der Waals surface area contributed by atoms with Gasteiger partial charge in [-0.25, -0.2) is 0 Å². The molecule has 2 nitrogen and oxygen atoms in total. The van der Waals surface area contributed by atoms with Gasteiger partial charge in [0.05, 0.1) is 5.03 Å². The minimum atomic E-state index is 0.475. The molecule has 0 heterocycles. The molecule has 10 heavy (non-hydrogen) atoms. The summed E-state index contributed by atoms with van der Waals surface area (Å²) in [6, 6.07) is 1.97. The molecule has 0 aliphatic rings. The normalized spacial score (nSPS) is 11.8. The molecular weight excluding hydrogens is 148 g/mol. The van der Waals surface area contributed by atoms with Crippen molar-refractivity contribution in [3.8, 4) is 6.07 Å². The van der Waals surface area contributed by atoms with Crippen LogP contribution in [0.5, 0.6) is 0 Å². The molecule has 0 saturated carbocycles. The fraction of sp³-hybridized carbons (Fsp3) is 0.571. The first kappa shape index (κ1) is 9.32. The van der Waals surface area contributed by atoms with Crippen LogP contribution in [0, 0.1) is 11.3 Å². The maximum absolute atomic E-state index is 8.47. The maximum Gasteiger partial charge on any atom is 0.128 e. The fourth-order valence-corrected chi connectivity index (χ4v) is 0.922. The Balaban J connectivity index is 4.16. The maximum atomic E-state index is 8.47. The summed E-state index contributed by atoms with van der Waals surface area (Å²) < 4.78 is 0. The van der Waals surface area contributed by atoms with Crippen LogP contribution in [0.2, 0.25) is 0 Å². The molecule has 0 aliphatic carbocycles. The van der Waals surface area contributed by atoms with Crippen LogP contribution in [0.1, 0.15) is 19.8 Å². The molecule has 0 aromatic carbocycles. The van der Waals surface area contributed by atoms with Crippen LogP contribution in [0.4, 0.5) is 0 Å². The third kappa shape index (κ3) is 2.75. The van der Waals surface area contributed by atoms with Crippen molar-refractivity contribution in [1.29, 1.82) is 5.26 Å². The zero-order chi connectivity index (χ0) is 7.98. The van der Waals surface area contributed by atoms with Gasteiger partial charge in [-0.1, -0.05) is 24.9 Å². The van der Waals surface area contributed by atoms with Crippen LogP contribution in [0.25, 0.3) is 0 Å². The second kappa shape index (κ2) is 5.13. The SMILES string of the molecule is CCC/C(Cl)=C(\C#N)NC. The molecule has 1 N–H and O–H groups in total. The van der Waals surface area contributed by atoms with Gasteiger partial charge in [-0.05, 0) is 6.42 Å². The second-order valence-corrected chi connectivity index (χ2v) is 2.35. The first-order valence-electron chi connectivity index (χ1n) is 3.22. The van der Waals surface area contributed by atoms with Crippen molar-refractivity contribution in [3.63, 3.8) is 0 Å². The van der Waals surface area contributed by atoms with Gasteiger partial charge in [-0.15, -0.1) is 0 Å². The zero-order valence-electron chi connectivity index (χ0n) is 6.24. The Morgan fingerprint density at radius 2 is 2.30 bits per heavy atom. The van der Waals surface area contributed by atoms with Gasteiger partial charge >= 0.3 is 0 Å². The predicted octanol–water partition coefficient (Wildman–Crippen LogP) is 1.98. The van der Waals surface area contributed by atoms with E-state index in [1.807, 2.05) is 13.0 Å². The van der Waals surface area contributed by atoms with E-state index in [-0.39, 0.29) is 0 Å². The molecule has 0 fully saturated rings. The second-order valence-electron chi connectivity index (χ2n) is 1.89. The molecule has 0 rings (SSSR count). The smallest absolute Gasteiger partial charge is 0.128 e. The lowest BCUT2D eigenvalue weighted by Gasteiger charge is -1.99. The van der Waals surface area contributed by atoms with Crippen molar-refractivity contribution in [2.75, 3.05) is 7.05 Å². The number of nitrogens with zero attached hydrogens (tertiary/aromatic N) is 1. The largest absolute Gasteiger partial charge is 0.379 e. The van der Waals surface area contributed by atoms with Gasteiger partial charge in [0, 0.05) is 7.05 Å². The monoisotopic (exact) mass is 158 g/mol. The molecule has 0 spiro atoms. The third-order valence-electron chi connectivity index (χ3n) is 1.10. The number of hydrogen-bond donors (Lipinski definition) is 1. The molecule has 0 unspecified atom stereocenters. The summed E-state index contributed by atoms with van der Waals surface area (Å²) in [7, 11) is 1.69. The highest BCUT2D eigenvalue weighted by molar-refractivity contribution is 6.30. The van der Waals surface area contributed by atoms with Crippen molar-refractivity contribution < 1.29 is 0 Å². The van der Waals surface area contributed by atoms with Crippen molar-refractivity contribution in [2.45, 2.75) is 19.8 Å². The van der Waals surface area contributed by atoms with Gasteiger partial charge in [0.15, 0.2) is 0 Å². The molecule has 3 heteroatoms. The number of allylic oxidation sites excluding steroid dienone is 2. The highest BCUT2D eigenvalue weighted by Crippen LogP contribution is 2.12. The Morgan fingerprint density at radius 1 is 1.70 bits per heavy atom. The molecule has 0 bridgehead atoms. The molecule has 0 amide bonds. The van der Waals surface area contributed by atoms with Gasteiger partial charge in [0.25, 0.3) is 0 Å². The lowest BCUT2D eigenvalue weighted by atomic mass is 10.3. The Labute approximate surface area is 66.5 Å². The lowest BCUT2D eigenvalue weighted by molar-refractivity contribution is 0.911. The van der Waals surface area contributed by atoms with Crippen LogP contribution >= 0.6 is 11.6 Å². The van der Waals surface area contributed by atoms with Crippen molar-refractivity contribution in [2.24, 2.45) is 0 Å². The van der Waals surface area contributed by atoms with Crippen LogP contribution in [0.3, 0.4) is 0 Å². The van der Waals surface area contributed by atoms with E-state index in [4.69, 9.17) is 16.9 Å². The predicted molar refractivity (Wildman–Crippen MR) is 42.5 cm³/mol. The average Bonchev–Trinajstić information content (AvgIpc) is 1.91. The molecule has 0 aromatic heterocycles. The number of rotatable bonds is 3. The van der Waals surface area contributed by atoms with Crippen molar-refractivity contribution in [3.05, 3.63) is 10.7 Å². The topological polar surface area (TPSA) is 35.8 Å². The summed E-state index contributed by atoms with van der Waals surface area (Å²) in [4.78, 5) is 0. The van der Waals surface area contributed by atoms with Crippen LogP contribution < -0.4 is 5.32 Å². The Bertz CT molecular complexity index is 167. The molecule has 0 aromatic rings. The van der Waals surface area contributed by atoms with Gasteiger partial charge < -0.3 is 5.32 Å². The number of halogens is 1. The quantitative estimate of drug-likeness (QED) is 0.638. The minimum Gasteiger partial charge on any atom is -0.379 e. The molecule has 0 saturated heterocycles. The Kier molecular flexibility index (Phi) is 4.78. The summed E-state index contributed by atoms with van der Waals surface area (Å²) >= 11 is 5.74. The zero-order valence-corrected chi connectivity index (χ0v) is 7.00. The van der Waals surface area contributed by atoms with E-state index in [2.05, 4.69) is 5.32 Å². The summed E-state index contributed by atoms with van der Waals surface area (Å²) in [6.07, 6.45) is 1.73. The molecule has 56 valence electrons. The Morgan fingerprint density at radius 3 is 2.60 bits per heavy atom. The van der Waals surface area contributed by atoms with Gasteiger partial charge in [0.2, 0.25) is 0 Å². The number of nitrogens with one attached hydrogen (secondary N) is 1. The minimum absolute atomic E-state index is 0.475. The number of hydrogen-bond acceptors (Lipinski definition) is 2. The van der Waals surface area contributed by atoms with Crippen molar-refractivity contribution >= 4 is 11.6 Å². The van der Waals surface area contributed by atoms with Gasteiger partial charge in [-0.3, -0.25) is 0 Å². The Hall–Kier alpha value is -0.680. The molecular formula is C7H11ClN2. The van der Waals surface area contributed by atoms with E-state index in [1.165, 1.54) is 0 Å². The van der Waals surface area contributed by atoms with Crippen LogP contribution in [0.15, 0.2) is 10.7 Å². The van der Waals surface area contributed by atoms with E-state index in [1.54, 1.807) is 7.05 Å². The van der Waals surface area contributed by atoms with E-state index in [0.717, 1.165) is 12.8 Å². The summed E-state index contributed by atoms with van der Waals surface area (Å²) in [5.74, 6) is 0. The van der Waals surface area contributed by atoms with Crippen LogP contribution in [-0.4, -0.2) is 7.05 Å². The lowest BCUT2D eigenvalue weighted by Crippen LogP contribution is -2.05. The van der Waals surface area contributed by atoms with E-state index < -0.39 is 0 Å². The van der Waals surface area contributed by atoms with E-state index in [0.29, 0.717) is 10.7 Å². The standard InChI is InChI=1S/C7H11ClN2/c1-3-4-6(8)7(5-9)10-2/h10H,3-4H2,1-2H3/b7-6-. The number of nitriles is 1. The fourth-order valence-electron chi connectivity index (χ4n) is 0.597. The summed E-state index contributed by atoms with van der Waals surface area (Å²) in [5.41, 5.74) is 0.475. The van der Waals surface area contributed by atoms with Gasteiger partial charge in [0.1, 0.15) is 11.8 Å². The third-order valence-corrected chi connectivity index (χ3v) is 1.48. The van der Waals surface area contributed by atoms with Crippen molar-refractivity contribution in [1.82, 2.24) is 5.32 Å². The summed E-state index contributed by atoms with van der Waals surface area (Å²) in [5, 5.41) is 11.8. The average molecular weight is 159 g/mol. The van der Waals surface area contributed by atoms with E-state index in [9.17, 15) is 0 Å². The highest BCUT2D eigenvalue weighted by atomic mass is 35.5. The molecule has 0 atom stereocenters.